The number of nitrogens with one attached hydrogen (secondary N) is 1. The molecular formula is C27H30N4O7. The van der Waals surface area contributed by atoms with Crippen molar-refractivity contribution in [2.24, 2.45) is 10.5 Å². The van der Waals surface area contributed by atoms with Crippen molar-refractivity contribution in [3.05, 3.63) is 86.1 Å². The molecule has 0 aliphatic rings. The van der Waals surface area contributed by atoms with Crippen LogP contribution in [0.4, 0.5) is 11.4 Å². The topological polar surface area (TPSA) is 150 Å². The molecular weight excluding hydrogens is 492 g/mol. The minimum absolute atomic E-state index is 0.0109. The molecule has 0 aliphatic heterocycles. The second-order valence-electron chi connectivity index (χ2n) is 10.6. The Morgan fingerprint density at radius 2 is 1.68 bits per heavy atom. The molecule has 0 aliphatic carbocycles. The first kappa shape index (κ1) is 28.0. The van der Waals surface area contributed by atoms with E-state index in [1.165, 1.54) is 30.5 Å². The monoisotopic (exact) mass is 522 g/mol. The molecule has 200 valence electrons. The Morgan fingerprint density at radius 3 is 2.29 bits per heavy atom. The van der Waals surface area contributed by atoms with Crippen molar-refractivity contribution < 1.29 is 23.8 Å². The fourth-order valence-corrected chi connectivity index (χ4v) is 4.30. The summed E-state index contributed by atoms with van der Waals surface area (Å²) in [5, 5.41) is 26.3. The summed E-state index contributed by atoms with van der Waals surface area (Å²) in [5.41, 5.74) is 3.23. The first-order valence-corrected chi connectivity index (χ1v) is 11.8. The van der Waals surface area contributed by atoms with E-state index in [9.17, 15) is 25.0 Å². The van der Waals surface area contributed by atoms with E-state index in [1.54, 1.807) is 30.3 Å². The summed E-state index contributed by atoms with van der Waals surface area (Å²) in [6.45, 7) is 9.95. The molecule has 11 nitrogen and oxygen atoms in total. The van der Waals surface area contributed by atoms with E-state index in [2.05, 4.69) is 31.3 Å². The lowest BCUT2D eigenvalue weighted by Crippen LogP contribution is -2.26. The molecule has 0 bridgehead atoms. The number of nitrogens with zero attached hydrogens (tertiary/aromatic N) is 3. The van der Waals surface area contributed by atoms with Crippen LogP contribution in [0.25, 0.3) is 11.3 Å². The molecule has 0 atom stereocenters. The van der Waals surface area contributed by atoms with Crippen molar-refractivity contribution in [2.45, 2.75) is 46.5 Å². The van der Waals surface area contributed by atoms with Crippen LogP contribution < -0.4 is 10.2 Å². The molecule has 0 saturated heterocycles. The van der Waals surface area contributed by atoms with Gasteiger partial charge in [0, 0.05) is 23.8 Å². The van der Waals surface area contributed by atoms with E-state index in [0.717, 1.165) is 12.0 Å². The Balaban J connectivity index is 1.59. The van der Waals surface area contributed by atoms with Gasteiger partial charge in [0.15, 0.2) is 12.4 Å². The van der Waals surface area contributed by atoms with Gasteiger partial charge in [0.1, 0.15) is 11.5 Å². The number of furan rings is 1. The molecule has 1 heterocycles. The Kier molecular flexibility index (Phi) is 8.29. The zero-order valence-corrected chi connectivity index (χ0v) is 21.9. The number of amides is 1. The van der Waals surface area contributed by atoms with Crippen molar-refractivity contribution in [2.75, 3.05) is 6.61 Å². The van der Waals surface area contributed by atoms with Gasteiger partial charge in [0.2, 0.25) is 0 Å². The van der Waals surface area contributed by atoms with Crippen molar-refractivity contribution in [1.82, 2.24) is 5.43 Å². The van der Waals surface area contributed by atoms with E-state index < -0.39 is 22.4 Å². The molecule has 1 aromatic heterocycles. The first-order valence-electron chi connectivity index (χ1n) is 11.8. The summed E-state index contributed by atoms with van der Waals surface area (Å²) in [6, 6.07) is 13.9. The Morgan fingerprint density at radius 1 is 1.00 bits per heavy atom. The average molecular weight is 523 g/mol. The van der Waals surface area contributed by atoms with Crippen molar-refractivity contribution >= 4 is 23.5 Å². The van der Waals surface area contributed by atoms with Crippen LogP contribution in [0.5, 0.6) is 5.75 Å². The van der Waals surface area contributed by atoms with Crippen LogP contribution in [-0.2, 0) is 10.2 Å². The predicted octanol–water partition coefficient (Wildman–Crippen LogP) is 6.01. The number of benzene rings is 2. The summed E-state index contributed by atoms with van der Waals surface area (Å²) >= 11 is 0. The first-order chi connectivity index (χ1) is 17.7. The van der Waals surface area contributed by atoms with Crippen LogP contribution >= 0.6 is 0 Å². The summed E-state index contributed by atoms with van der Waals surface area (Å²) < 4.78 is 11.0. The van der Waals surface area contributed by atoms with Gasteiger partial charge in [0.05, 0.1) is 16.1 Å². The lowest BCUT2D eigenvalue weighted by Gasteiger charge is -2.33. The summed E-state index contributed by atoms with van der Waals surface area (Å²) in [5.74, 6) is 0.180. The van der Waals surface area contributed by atoms with Crippen LogP contribution in [0.2, 0.25) is 0 Å². The zero-order chi connectivity index (χ0) is 28.1. The van der Waals surface area contributed by atoms with Gasteiger partial charge in [-0.25, -0.2) is 5.43 Å². The normalized spacial score (nSPS) is 11.9. The summed E-state index contributed by atoms with van der Waals surface area (Å²) in [7, 11) is 0. The molecule has 38 heavy (non-hydrogen) atoms. The summed E-state index contributed by atoms with van der Waals surface area (Å²) in [6.07, 6.45) is 2.10. The van der Waals surface area contributed by atoms with E-state index in [0.29, 0.717) is 17.1 Å². The third kappa shape index (κ3) is 7.48. The maximum absolute atomic E-state index is 12.2. The van der Waals surface area contributed by atoms with Crippen LogP contribution in [-0.4, -0.2) is 28.6 Å². The molecule has 0 fully saturated rings. The lowest BCUT2D eigenvalue weighted by molar-refractivity contribution is -0.385. The number of non-ortho nitro benzene ring substituents is 1. The van der Waals surface area contributed by atoms with Gasteiger partial charge < -0.3 is 9.15 Å². The highest BCUT2D eigenvalue weighted by Crippen LogP contribution is 2.39. The molecule has 0 unspecified atom stereocenters. The molecule has 3 rings (SSSR count). The molecule has 11 heteroatoms. The summed E-state index contributed by atoms with van der Waals surface area (Å²) in [4.78, 5) is 33.6. The number of nitro benzene ring substituents is 2. The Labute approximate surface area is 219 Å². The molecule has 3 aromatic rings. The van der Waals surface area contributed by atoms with Gasteiger partial charge in [-0.1, -0.05) is 40.7 Å². The van der Waals surface area contributed by atoms with Gasteiger partial charge in [0.25, 0.3) is 11.6 Å². The van der Waals surface area contributed by atoms with E-state index >= 15 is 0 Å². The minimum atomic E-state index is -0.616. The molecule has 0 saturated carbocycles. The van der Waals surface area contributed by atoms with Crippen molar-refractivity contribution in [3.63, 3.8) is 0 Å². The third-order valence-corrected chi connectivity index (χ3v) is 5.64. The highest BCUT2D eigenvalue weighted by atomic mass is 16.6. The van der Waals surface area contributed by atoms with Gasteiger partial charge in [-0.2, -0.15) is 5.10 Å². The molecule has 1 amide bonds. The van der Waals surface area contributed by atoms with E-state index in [1.807, 2.05) is 13.8 Å². The smallest absolute Gasteiger partial charge is 0.311 e. The number of nitro groups is 2. The van der Waals surface area contributed by atoms with Crippen molar-refractivity contribution in [1.29, 1.82) is 0 Å². The predicted molar refractivity (Wildman–Crippen MR) is 142 cm³/mol. The highest BCUT2D eigenvalue weighted by molar-refractivity contribution is 5.81. The van der Waals surface area contributed by atoms with Gasteiger partial charge in [-0.15, -0.1) is 0 Å². The average Bonchev–Trinajstić information content (AvgIpc) is 3.30. The number of hydrazone groups is 1. The fraction of sp³-hybridized carbons (Fsp3) is 0.333. The molecule has 0 spiro atoms. The number of rotatable bonds is 10. The molecule has 2 aromatic carbocycles. The second-order valence-corrected chi connectivity index (χ2v) is 10.6. The van der Waals surface area contributed by atoms with E-state index in [4.69, 9.17) is 9.15 Å². The number of hydrogen-bond donors (Lipinski definition) is 1. The lowest BCUT2D eigenvalue weighted by atomic mass is 9.72. The number of carbonyl (C=O) groups excluding carboxylic acids is 1. The highest BCUT2D eigenvalue weighted by Gasteiger charge is 2.30. The van der Waals surface area contributed by atoms with Crippen LogP contribution in [0, 0.1) is 25.6 Å². The number of carbonyl (C=O) groups is 1. The van der Waals surface area contributed by atoms with Crippen molar-refractivity contribution in [3.8, 4) is 17.1 Å². The molecule has 1 N–H and O–H groups in total. The maximum atomic E-state index is 12.2. The quantitative estimate of drug-likeness (QED) is 0.195. The Hall–Kier alpha value is -4.54. The second kappa shape index (κ2) is 11.2. The SMILES string of the molecule is CC(C)(C)CC(C)(C)c1ccc(OCC(=O)N/N=C/c2ccc(-c3ccc([N+](=O)[O-])cc3)o2)c([N+](=O)[O-])c1. The third-order valence-electron chi connectivity index (χ3n) is 5.64. The maximum Gasteiger partial charge on any atom is 0.311 e. The van der Waals surface area contributed by atoms with Crippen LogP contribution in [0.15, 0.2) is 64.1 Å². The standard InChI is InChI=1S/C27H30N4O7/c1-26(2,3)17-27(4,5)19-8-12-24(22(14-19)31(35)36)37-16-25(32)29-28-15-21-11-13-23(38-21)18-6-9-20(10-7-18)30(33)34/h6-15H,16-17H2,1-5H3,(H,29,32)/b28-15+. The number of ether oxygens (including phenoxy) is 1. The fourth-order valence-electron chi connectivity index (χ4n) is 4.30. The number of hydrogen-bond acceptors (Lipinski definition) is 8. The van der Waals surface area contributed by atoms with Crippen LogP contribution in [0.3, 0.4) is 0 Å². The Bertz CT molecular complexity index is 1350. The largest absolute Gasteiger partial charge is 0.477 e. The minimum Gasteiger partial charge on any atom is -0.477 e. The van der Waals surface area contributed by atoms with Gasteiger partial charge in [-0.3, -0.25) is 25.0 Å². The van der Waals surface area contributed by atoms with E-state index in [-0.39, 0.29) is 28.0 Å². The zero-order valence-electron chi connectivity index (χ0n) is 21.9. The van der Waals surface area contributed by atoms with Crippen LogP contribution in [0.1, 0.15) is 52.4 Å². The van der Waals surface area contributed by atoms with Gasteiger partial charge in [-0.05, 0) is 53.1 Å². The van der Waals surface area contributed by atoms with Gasteiger partial charge >= 0.3 is 5.69 Å². The molecule has 0 radical (unpaired) electrons.